The summed E-state index contributed by atoms with van der Waals surface area (Å²) >= 11 is 1.78. The molecule has 0 saturated carbocycles. The summed E-state index contributed by atoms with van der Waals surface area (Å²) in [5, 5.41) is 3.53. The number of nitrogens with one attached hydrogen (secondary N) is 1. The van der Waals surface area contributed by atoms with Crippen molar-refractivity contribution in [1.29, 1.82) is 0 Å². The molecule has 0 aliphatic carbocycles. The van der Waals surface area contributed by atoms with Crippen molar-refractivity contribution in [2.24, 2.45) is 5.84 Å². The molecule has 2 rings (SSSR count). The van der Waals surface area contributed by atoms with Gasteiger partial charge in [0.1, 0.15) is 0 Å². The lowest BCUT2D eigenvalue weighted by atomic mass is 10.0. The number of fused-ring (bicyclic) bond motifs is 1. The predicted molar refractivity (Wildman–Crippen MR) is 75.9 cm³/mol. The molecule has 2 nitrogen and oxygen atoms in total. The molecule has 1 aromatic heterocycles. The highest BCUT2D eigenvalue weighted by atomic mass is 32.1. The van der Waals surface area contributed by atoms with Crippen LogP contribution in [-0.4, -0.2) is 0 Å². The van der Waals surface area contributed by atoms with E-state index in [1.54, 1.807) is 11.3 Å². The number of allylic oxidation sites excluding steroid dienone is 1. The minimum atomic E-state index is 0.242. The van der Waals surface area contributed by atoms with Crippen LogP contribution in [0.15, 0.2) is 42.3 Å². The van der Waals surface area contributed by atoms with Gasteiger partial charge in [0.15, 0.2) is 0 Å². The summed E-state index contributed by atoms with van der Waals surface area (Å²) in [6.07, 6.45) is 5.16. The number of nitrogens with two attached hydrogens (primary N) is 1. The van der Waals surface area contributed by atoms with Crippen LogP contribution in [0.5, 0.6) is 0 Å². The van der Waals surface area contributed by atoms with Crippen molar-refractivity contribution < 1.29 is 0 Å². The van der Waals surface area contributed by atoms with Crippen LogP contribution in [0.1, 0.15) is 30.9 Å². The highest BCUT2D eigenvalue weighted by molar-refractivity contribution is 7.17. The number of benzene rings is 1. The third kappa shape index (κ3) is 2.75. The van der Waals surface area contributed by atoms with E-state index < -0.39 is 0 Å². The zero-order valence-electron chi connectivity index (χ0n) is 9.86. The monoisotopic (exact) mass is 246 g/mol. The first-order valence-electron chi connectivity index (χ1n) is 5.90. The fourth-order valence-electron chi connectivity index (χ4n) is 2.06. The van der Waals surface area contributed by atoms with Crippen LogP contribution in [0.4, 0.5) is 0 Å². The molecule has 3 heteroatoms. The van der Waals surface area contributed by atoms with E-state index in [0.29, 0.717) is 0 Å². The molecule has 2 aromatic rings. The van der Waals surface area contributed by atoms with Gasteiger partial charge in [0, 0.05) is 10.7 Å². The quantitative estimate of drug-likeness (QED) is 0.352. The molecule has 0 aliphatic heterocycles. The van der Waals surface area contributed by atoms with Gasteiger partial charge in [-0.05, 0) is 41.7 Å². The Morgan fingerprint density at radius 1 is 1.41 bits per heavy atom. The number of unbranched alkanes of at least 4 members (excludes halogenated alkanes) is 1. The molecular formula is C14H18N2S. The highest BCUT2D eigenvalue weighted by Gasteiger charge is 2.13. The Bertz CT molecular complexity index is 490. The van der Waals surface area contributed by atoms with E-state index in [4.69, 9.17) is 5.84 Å². The molecule has 0 spiro atoms. The Morgan fingerprint density at radius 3 is 3.00 bits per heavy atom. The molecule has 1 unspecified atom stereocenters. The van der Waals surface area contributed by atoms with Crippen molar-refractivity contribution in [1.82, 2.24) is 5.43 Å². The van der Waals surface area contributed by atoms with Crippen LogP contribution in [0.25, 0.3) is 10.1 Å². The smallest absolute Gasteiger partial charge is 0.0474 e. The molecule has 1 atom stereocenters. The van der Waals surface area contributed by atoms with Gasteiger partial charge in [0.05, 0.1) is 0 Å². The molecule has 0 aliphatic rings. The summed E-state index contributed by atoms with van der Waals surface area (Å²) in [5.41, 5.74) is 4.24. The lowest BCUT2D eigenvalue weighted by Crippen LogP contribution is -2.27. The second-order valence-electron chi connectivity index (χ2n) is 4.13. The van der Waals surface area contributed by atoms with Gasteiger partial charge in [0.2, 0.25) is 0 Å². The topological polar surface area (TPSA) is 38.0 Å². The molecule has 0 fully saturated rings. The number of hydrogen-bond acceptors (Lipinski definition) is 3. The lowest BCUT2D eigenvalue weighted by molar-refractivity contribution is 0.505. The molecule has 0 saturated heterocycles. The summed E-state index contributed by atoms with van der Waals surface area (Å²) in [5.74, 6) is 5.67. The zero-order valence-corrected chi connectivity index (χ0v) is 10.7. The molecule has 0 radical (unpaired) electrons. The summed E-state index contributed by atoms with van der Waals surface area (Å²) in [6.45, 7) is 3.75. The van der Waals surface area contributed by atoms with Crippen LogP contribution in [0.2, 0.25) is 0 Å². The Kier molecular flexibility index (Phi) is 4.31. The minimum Gasteiger partial charge on any atom is -0.271 e. The molecule has 0 bridgehead atoms. The van der Waals surface area contributed by atoms with Gasteiger partial charge in [-0.3, -0.25) is 11.3 Å². The summed E-state index contributed by atoms with van der Waals surface area (Å²) in [4.78, 5) is 0. The highest BCUT2D eigenvalue weighted by Crippen LogP contribution is 2.31. The largest absolute Gasteiger partial charge is 0.271 e. The lowest BCUT2D eigenvalue weighted by Gasteiger charge is -2.14. The average molecular weight is 246 g/mol. The third-order valence-electron chi connectivity index (χ3n) is 2.99. The van der Waals surface area contributed by atoms with E-state index in [2.05, 4.69) is 41.7 Å². The first-order valence-corrected chi connectivity index (χ1v) is 6.78. The van der Waals surface area contributed by atoms with Crippen LogP contribution in [0, 0.1) is 0 Å². The van der Waals surface area contributed by atoms with Gasteiger partial charge in [-0.1, -0.05) is 24.3 Å². The van der Waals surface area contributed by atoms with E-state index in [1.165, 1.54) is 15.6 Å². The maximum atomic E-state index is 5.67. The summed E-state index contributed by atoms with van der Waals surface area (Å²) < 4.78 is 1.33. The number of hydrogen-bond donors (Lipinski definition) is 2. The van der Waals surface area contributed by atoms with Crippen molar-refractivity contribution in [3.63, 3.8) is 0 Å². The second-order valence-corrected chi connectivity index (χ2v) is 5.04. The molecule has 3 N–H and O–H groups in total. The standard InChI is InChI=1S/C14H18N2S/c1-2-3-4-8-13(16-15)12-10-17-14-9-6-5-7-11(12)14/h2,5-7,9-10,13,16H,1,3-4,8,15H2. The van der Waals surface area contributed by atoms with E-state index in [1.807, 2.05) is 6.08 Å². The SMILES string of the molecule is C=CCCCC(NN)c1csc2ccccc12. The molecule has 17 heavy (non-hydrogen) atoms. The van der Waals surface area contributed by atoms with Gasteiger partial charge < -0.3 is 0 Å². The maximum Gasteiger partial charge on any atom is 0.0474 e. The van der Waals surface area contributed by atoms with E-state index >= 15 is 0 Å². The van der Waals surface area contributed by atoms with Crippen molar-refractivity contribution in [3.05, 3.63) is 47.9 Å². The van der Waals surface area contributed by atoms with Crippen LogP contribution in [0.3, 0.4) is 0 Å². The molecule has 90 valence electrons. The van der Waals surface area contributed by atoms with Crippen LogP contribution in [-0.2, 0) is 0 Å². The first-order chi connectivity index (χ1) is 8.36. The maximum absolute atomic E-state index is 5.67. The molecule has 1 heterocycles. The average Bonchev–Trinajstić information content (AvgIpc) is 2.79. The molecular weight excluding hydrogens is 228 g/mol. The predicted octanol–water partition coefficient (Wildman–Crippen LogP) is 3.76. The Labute approximate surface area is 106 Å². The second kappa shape index (κ2) is 5.96. The van der Waals surface area contributed by atoms with Gasteiger partial charge in [-0.15, -0.1) is 17.9 Å². The van der Waals surface area contributed by atoms with Gasteiger partial charge in [0.25, 0.3) is 0 Å². The summed E-state index contributed by atoms with van der Waals surface area (Å²) in [6, 6.07) is 8.71. The number of rotatable bonds is 6. The molecule has 1 aromatic carbocycles. The van der Waals surface area contributed by atoms with Crippen molar-refractivity contribution in [2.45, 2.75) is 25.3 Å². The van der Waals surface area contributed by atoms with Crippen molar-refractivity contribution in [3.8, 4) is 0 Å². The van der Waals surface area contributed by atoms with E-state index in [-0.39, 0.29) is 6.04 Å². The van der Waals surface area contributed by atoms with Crippen molar-refractivity contribution >= 4 is 21.4 Å². The van der Waals surface area contributed by atoms with Crippen LogP contribution < -0.4 is 11.3 Å². The fourth-order valence-corrected chi connectivity index (χ4v) is 3.08. The molecule has 0 amide bonds. The number of hydrazine groups is 1. The van der Waals surface area contributed by atoms with Crippen LogP contribution >= 0.6 is 11.3 Å². The Morgan fingerprint density at radius 2 is 2.24 bits per heavy atom. The third-order valence-corrected chi connectivity index (χ3v) is 3.97. The van der Waals surface area contributed by atoms with Gasteiger partial charge in [-0.25, -0.2) is 0 Å². The minimum absolute atomic E-state index is 0.242. The zero-order chi connectivity index (χ0) is 12.1. The fraction of sp³-hybridized carbons (Fsp3) is 0.286. The van der Waals surface area contributed by atoms with E-state index in [9.17, 15) is 0 Å². The Hall–Kier alpha value is -1.16. The number of thiophene rings is 1. The Balaban J connectivity index is 2.20. The summed E-state index contributed by atoms with van der Waals surface area (Å²) in [7, 11) is 0. The normalized spacial score (nSPS) is 12.8. The van der Waals surface area contributed by atoms with Crippen molar-refractivity contribution in [2.75, 3.05) is 0 Å². The van der Waals surface area contributed by atoms with Gasteiger partial charge >= 0.3 is 0 Å². The van der Waals surface area contributed by atoms with Gasteiger partial charge in [-0.2, -0.15) is 0 Å². The van der Waals surface area contributed by atoms with E-state index in [0.717, 1.165) is 19.3 Å². The first kappa shape index (κ1) is 12.3.